The van der Waals surface area contributed by atoms with E-state index in [-0.39, 0.29) is 12.0 Å². The quantitative estimate of drug-likeness (QED) is 0.471. The number of hydrogen-bond donors (Lipinski definition) is 1. The van der Waals surface area contributed by atoms with E-state index in [1.807, 2.05) is 51.1 Å². The summed E-state index contributed by atoms with van der Waals surface area (Å²) in [6.45, 7) is 9.11. The summed E-state index contributed by atoms with van der Waals surface area (Å²) in [5.74, 6) is 1.76. The summed E-state index contributed by atoms with van der Waals surface area (Å²) in [5, 5.41) is 2.99. The SMILES string of the molecule is COc1cc2c(cc1OC)CN(c1cccc(C(=O)Nc3cnccc3N3CCN(C(=O)OC(C)(C)C)CC3)n1)C2. The Bertz CT molecular complexity index is 1400. The predicted octanol–water partition coefficient (Wildman–Crippen LogP) is 4.32. The minimum Gasteiger partial charge on any atom is -0.493 e. The predicted molar refractivity (Wildman–Crippen MR) is 156 cm³/mol. The van der Waals surface area contributed by atoms with Crippen LogP contribution in [0.1, 0.15) is 42.4 Å². The first kappa shape index (κ1) is 28.0. The van der Waals surface area contributed by atoms with E-state index in [4.69, 9.17) is 14.2 Å². The molecular weight excluding hydrogens is 524 g/mol. The molecule has 2 aromatic heterocycles. The summed E-state index contributed by atoms with van der Waals surface area (Å²) in [6.07, 6.45) is 3.01. The van der Waals surface area contributed by atoms with E-state index in [2.05, 4.69) is 25.1 Å². The summed E-state index contributed by atoms with van der Waals surface area (Å²) in [4.78, 5) is 40.7. The van der Waals surface area contributed by atoms with Gasteiger partial charge in [0.2, 0.25) is 0 Å². The van der Waals surface area contributed by atoms with E-state index in [0.717, 1.165) is 16.8 Å². The fourth-order valence-corrected chi connectivity index (χ4v) is 5.01. The van der Waals surface area contributed by atoms with Gasteiger partial charge in [0.25, 0.3) is 5.91 Å². The summed E-state index contributed by atoms with van der Waals surface area (Å²) in [7, 11) is 3.25. The number of fused-ring (bicyclic) bond motifs is 1. The molecule has 41 heavy (non-hydrogen) atoms. The molecule has 1 N–H and O–H groups in total. The summed E-state index contributed by atoms with van der Waals surface area (Å²) >= 11 is 0. The van der Waals surface area contributed by atoms with Gasteiger partial charge in [-0.2, -0.15) is 0 Å². The van der Waals surface area contributed by atoms with Gasteiger partial charge in [0.1, 0.15) is 17.1 Å². The molecule has 0 aliphatic carbocycles. The van der Waals surface area contributed by atoms with Gasteiger partial charge in [0, 0.05) is 45.5 Å². The van der Waals surface area contributed by atoms with Crippen LogP contribution in [-0.2, 0) is 17.8 Å². The van der Waals surface area contributed by atoms with Gasteiger partial charge in [-0.15, -0.1) is 0 Å². The fourth-order valence-electron chi connectivity index (χ4n) is 5.01. The van der Waals surface area contributed by atoms with Gasteiger partial charge in [-0.3, -0.25) is 9.78 Å². The van der Waals surface area contributed by atoms with Crippen LogP contribution in [0.25, 0.3) is 0 Å². The first-order valence-electron chi connectivity index (χ1n) is 13.6. The summed E-state index contributed by atoms with van der Waals surface area (Å²) in [6, 6.07) is 11.3. The lowest BCUT2D eigenvalue weighted by molar-refractivity contribution is 0.0240. The van der Waals surface area contributed by atoms with Crippen LogP contribution >= 0.6 is 0 Å². The first-order chi connectivity index (χ1) is 19.6. The lowest BCUT2D eigenvalue weighted by Gasteiger charge is -2.37. The molecule has 0 unspecified atom stereocenters. The third-order valence-electron chi connectivity index (χ3n) is 7.04. The number of carbonyl (C=O) groups is 2. The molecular formula is C30H36N6O5. The van der Waals surface area contributed by atoms with Crippen molar-refractivity contribution < 1.29 is 23.8 Å². The highest BCUT2D eigenvalue weighted by Crippen LogP contribution is 2.36. The zero-order valence-corrected chi connectivity index (χ0v) is 24.1. The lowest BCUT2D eigenvalue weighted by Crippen LogP contribution is -2.50. The van der Waals surface area contributed by atoms with Gasteiger partial charge in [-0.25, -0.2) is 9.78 Å². The molecule has 11 heteroatoms. The van der Waals surface area contributed by atoms with Crippen molar-refractivity contribution >= 4 is 29.2 Å². The maximum atomic E-state index is 13.3. The molecule has 0 atom stereocenters. The third kappa shape index (κ3) is 6.29. The summed E-state index contributed by atoms with van der Waals surface area (Å²) in [5.41, 5.74) is 3.45. The van der Waals surface area contributed by atoms with E-state index < -0.39 is 5.60 Å². The highest BCUT2D eigenvalue weighted by Gasteiger charge is 2.28. The number of nitrogens with zero attached hydrogens (tertiary/aromatic N) is 5. The van der Waals surface area contributed by atoms with Gasteiger partial charge >= 0.3 is 6.09 Å². The van der Waals surface area contributed by atoms with Crippen LogP contribution in [0.3, 0.4) is 0 Å². The van der Waals surface area contributed by atoms with E-state index in [0.29, 0.717) is 68.0 Å². The van der Waals surface area contributed by atoms with Crippen LogP contribution < -0.4 is 24.6 Å². The second-order valence-corrected chi connectivity index (χ2v) is 11.0. The Morgan fingerprint density at radius 3 is 2.17 bits per heavy atom. The van der Waals surface area contributed by atoms with Crippen molar-refractivity contribution in [1.82, 2.24) is 14.9 Å². The monoisotopic (exact) mass is 560 g/mol. The largest absolute Gasteiger partial charge is 0.493 e. The molecule has 3 aromatic rings. The van der Waals surface area contributed by atoms with Crippen molar-refractivity contribution in [3.05, 3.63) is 65.6 Å². The molecule has 1 saturated heterocycles. The number of piperazine rings is 1. The maximum Gasteiger partial charge on any atom is 0.410 e. The molecule has 2 aliphatic rings. The van der Waals surface area contributed by atoms with Crippen LogP contribution in [0.2, 0.25) is 0 Å². The molecule has 0 bridgehead atoms. The number of benzene rings is 1. The van der Waals surface area contributed by atoms with Gasteiger partial charge in [0.05, 0.1) is 31.8 Å². The Morgan fingerprint density at radius 1 is 0.902 bits per heavy atom. The van der Waals surface area contributed by atoms with Crippen molar-refractivity contribution in [2.75, 3.05) is 55.5 Å². The number of aromatic nitrogens is 2. The Morgan fingerprint density at radius 2 is 1.56 bits per heavy atom. The van der Waals surface area contributed by atoms with Crippen LogP contribution in [0, 0.1) is 0 Å². The number of amides is 2. The van der Waals surface area contributed by atoms with Crippen molar-refractivity contribution in [2.24, 2.45) is 0 Å². The second kappa shape index (κ2) is 11.5. The molecule has 0 radical (unpaired) electrons. The minimum atomic E-state index is -0.540. The highest BCUT2D eigenvalue weighted by molar-refractivity contribution is 6.04. The van der Waals surface area contributed by atoms with E-state index in [1.54, 1.807) is 37.6 Å². The van der Waals surface area contributed by atoms with Crippen LogP contribution in [0.5, 0.6) is 11.5 Å². The molecule has 216 valence electrons. The summed E-state index contributed by atoms with van der Waals surface area (Å²) < 4.78 is 16.4. The van der Waals surface area contributed by atoms with Gasteiger partial charge in [0.15, 0.2) is 11.5 Å². The molecule has 1 fully saturated rings. The Hall–Kier alpha value is -4.54. The normalized spacial score (nSPS) is 14.9. The average molecular weight is 561 g/mol. The molecule has 0 spiro atoms. The number of methoxy groups -OCH3 is 2. The van der Waals surface area contributed by atoms with Gasteiger partial charge in [-0.05, 0) is 62.2 Å². The van der Waals surface area contributed by atoms with E-state index in [1.165, 1.54) is 0 Å². The maximum absolute atomic E-state index is 13.3. The first-order valence-corrected chi connectivity index (χ1v) is 13.6. The van der Waals surface area contributed by atoms with E-state index in [9.17, 15) is 9.59 Å². The van der Waals surface area contributed by atoms with Crippen molar-refractivity contribution in [3.63, 3.8) is 0 Å². The van der Waals surface area contributed by atoms with Crippen molar-refractivity contribution in [1.29, 1.82) is 0 Å². The molecule has 1 aromatic carbocycles. The van der Waals surface area contributed by atoms with Gasteiger partial charge in [-0.1, -0.05) is 6.07 Å². The second-order valence-electron chi connectivity index (χ2n) is 11.0. The number of ether oxygens (including phenoxy) is 3. The lowest BCUT2D eigenvalue weighted by atomic mass is 10.1. The number of anilines is 3. The molecule has 5 rings (SSSR count). The van der Waals surface area contributed by atoms with Gasteiger partial charge < -0.3 is 34.2 Å². The van der Waals surface area contributed by atoms with E-state index >= 15 is 0 Å². The molecule has 2 aliphatic heterocycles. The number of pyridine rings is 2. The number of rotatable bonds is 6. The molecule has 4 heterocycles. The number of carbonyl (C=O) groups excluding carboxylic acids is 2. The fraction of sp³-hybridized carbons (Fsp3) is 0.400. The van der Waals surface area contributed by atoms with Crippen LogP contribution in [0.4, 0.5) is 22.0 Å². The van der Waals surface area contributed by atoms with Crippen molar-refractivity contribution in [3.8, 4) is 11.5 Å². The zero-order chi connectivity index (χ0) is 29.1. The number of hydrogen-bond acceptors (Lipinski definition) is 9. The minimum absolute atomic E-state index is 0.304. The zero-order valence-electron chi connectivity index (χ0n) is 24.1. The molecule has 11 nitrogen and oxygen atoms in total. The number of nitrogens with one attached hydrogen (secondary N) is 1. The standard InChI is InChI=1S/C30H36N6O5/c1-30(2,3)41-29(38)35-13-11-34(12-14-35)24-9-10-31-17-23(24)33-28(37)22-7-6-8-27(32-22)36-18-20-15-25(39-4)26(40-5)16-21(20)19-36/h6-10,15-17H,11-14,18-19H2,1-5H3,(H,33,37). The average Bonchev–Trinajstić information content (AvgIpc) is 3.39. The Balaban J connectivity index is 1.26. The Kier molecular flexibility index (Phi) is 7.87. The third-order valence-corrected chi connectivity index (χ3v) is 7.04. The molecule has 0 saturated carbocycles. The molecule has 2 amide bonds. The van der Waals surface area contributed by atoms with Crippen molar-refractivity contribution in [2.45, 2.75) is 39.5 Å². The van der Waals surface area contributed by atoms with Crippen LogP contribution in [0.15, 0.2) is 48.8 Å². The highest BCUT2D eigenvalue weighted by atomic mass is 16.6. The topological polar surface area (TPSA) is 109 Å². The smallest absolute Gasteiger partial charge is 0.410 e. The van der Waals surface area contributed by atoms with Crippen LogP contribution in [-0.4, -0.2) is 72.9 Å². The Labute approximate surface area is 240 Å².